The van der Waals surface area contributed by atoms with Crippen molar-refractivity contribution in [2.75, 3.05) is 13.1 Å². The summed E-state index contributed by atoms with van der Waals surface area (Å²) >= 11 is 0. The van der Waals surface area contributed by atoms with Crippen molar-refractivity contribution in [2.45, 2.75) is 73.4 Å². The highest BCUT2D eigenvalue weighted by molar-refractivity contribution is 7.89. The number of sulfonamides is 1. The molecule has 4 saturated carbocycles. The van der Waals surface area contributed by atoms with E-state index in [0.717, 1.165) is 57.1 Å². The van der Waals surface area contributed by atoms with Gasteiger partial charge in [0.1, 0.15) is 11.9 Å². The number of rotatable bonds is 6. The predicted molar refractivity (Wildman–Crippen MR) is 115 cm³/mol. The second-order valence-electron chi connectivity index (χ2n) is 10.3. The summed E-state index contributed by atoms with van der Waals surface area (Å²) in [6.45, 7) is 0.802. The van der Waals surface area contributed by atoms with Gasteiger partial charge in [0.25, 0.3) is 0 Å². The van der Waals surface area contributed by atoms with Crippen molar-refractivity contribution in [2.24, 2.45) is 11.8 Å². The minimum Gasteiger partial charge on any atom is -0.326 e. The van der Waals surface area contributed by atoms with Gasteiger partial charge in [0.15, 0.2) is 0 Å². The molecule has 1 heterocycles. The molecule has 2 unspecified atom stereocenters. The van der Waals surface area contributed by atoms with Gasteiger partial charge in [-0.25, -0.2) is 17.5 Å². The maximum Gasteiger partial charge on any atom is 0.241 e. The number of carbonyl (C=O) groups is 1. The number of hydrogen-bond acceptors (Lipinski definition) is 5. The molecule has 5 aliphatic rings. The number of nitrogens with one attached hydrogen (secondary N) is 2. The zero-order valence-electron chi connectivity index (χ0n) is 18.0. The van der Waals surface area contributed by atoms with Crippen molar-refractivity contribution < 1.29 is 17.6 Å². The minimum atomic E-state index is -3.78. The van der Waals surface area contributed by atoms with Crippen molar-refractivity contribution in [3.05, 3.63) is 30.1 Å². The first-order valence-corrected chi connectivity index (χ1v) is 12.9. The minimum absolute atomic E-state index is 0.0502. The monoisotopic (exact) mass is 460 g/mol. The Bertz CT molecular complexity index is 1040. The Morgan fingerprint density at radius 2 is 1.81 bits per heavy atom. The standard InChI is InChI=1S/C23H29FN4O3S/c24-18-3-5-20(6-4-18)32(30,31)27-23-11-16-8-17(12-23)10-22(9-16,15-23)26-14-21(29)28-7-1-2-19(28)13-25/h3-6,16-17,19,26-27H,1-2,7-12,14-15H2/t16-,17+,19-,22?,23?/m0/s1. The summed E-state index contributed by atoms with van der Waals surface area (Å²) in [5.41, 5.74) is -0.816. The molecule has 7 nitrogen and oxygen atoms in total. The Labute approximate surface area is 188 Å². The zero-order chi connectivity index (χ0) is 22.6. The molecule has 1 aromatic rings. The topological polar surface area (TPSA) is 102 Å². The molecule has 1 aliphatic heterocycles. The molecule has 0 aromatic heterocycles. The molecule has 1 amide bonds. The number of nitrogens with zero attached hydrogens (tertiary/aromatic N) is 2. The highest BCUT2D eigenvalue weighted by atomic mass is 32.2. The lowest BCUT2D eigenvalue weighted by Gasteiger charge is -2.62. The van der Waals surface area contributed by atoms with E-state index < -0.39 is 21.4 Å². The third-order valence-electron chi connectivity index (χ3n) is 7.87. The summed E-state index contributed by atoms with van der Waals surface area (Å²) in [7, 11) is -3.78. The first kappa shape index (κ1) is 21.8. The smallest absolute Gasteiger partial charge is 0.241 e. The van der Waals surface area contributed by atoms with Crippen molar-refractivity contribution in [1.29, 1.82) is 5.26 Å². The molecule has 0 spiro atoms. The van der Waals surface area contributed by atoms with E-state index in [1.807, 2.05) is 0 Å². The molecule has 4 bridgehead atoms. The van der Waals surface area contributed by atoms with E-state index in [1.165, 1.54) is 12.1 Å². The van der Waals surface area contributed by atoms with E-state index in [-0.39, 0.29) is 28.9 Å². The third kappa shape index (κ3) is 3.93. The Hall–Kier alpha value is -2.02. The number of halogens is 1. The van der Waals surface area contributed by atoms with E-state index >= 15 is 0 Å². The van der Waals surface area contributed by atoms with Gasteiger partial charge in [-0.1, -0.05) is 0 Å². The Morgan fingerprint density at radius 3 is 2.47 bits per heavy atom. The second-order valence-corrected chi connectivity index (χ2v) is 12.0. The molecule has 1 aromatic carbocycles. The molecular weight excluding hydrogens is 431 g/mol. The van der Waals surface area contributed by atoms with Gasteiger partial charge >= 0.3 is 0 Å². The Kier molecular flexibility index (Phi) is 5.31. The van der Waals surface area contributed by atoms with E-state index in [4.69, 9.17) is 0 Å². The number of benzene rings is 1. The molecule has 5 fully saturated rings. The van der Waals surface area contributed by atoms with Crippen LogP contribution in [0, 0.1) is 29.0 Å². The fourth-order valence-electron chi connectivity index (χ4n) is 7.11. The van der Waals surface area contributed by atoms with Gasteiger partial charge < -0.3 is 10.2 Å². The van der Waals surface area contributed by atoms with Gasteiger partial charge in [0.2, 0.25) is 15.9 Å². The lowest BCUT2D eigenvalue weighted by atomic mass is 9.50. The van der Waals surface area contributed by atoms with Crippen molar-refractivity contribution in [3.63, 3.8) is 0 Å². The van der Waals surface area contributed by atoms with Crippen LogP contribution in [0.25, 0.3) is 0 Å². The molecule has 9 heteroatoms. The first-order valence-electron chi connectivity index (χ1n) is 11.5. The van der Waals surface area contributed by atoms with Crippen molar-refractivity contribution >= 4 is 15.9 Å². The van der Waals surface area contributed by atoms with Crippen molar-refractivity contribution in [3.8, 4) is 6.07 Å². The first-order chi connectivity index (χ1) is 15.2. The third-order valence-corrected chi connectivity index (χ3v) is 9.47. The van der Waals surface area contributed by atoms with Crippen LogP contribution in [-0.2, 0) is 14.8 Å². The highest BCUT2D eigenvalue weighted by Gasteiger charge is 2.58. The largest absolute Gasteiger partial charge is 0.326 e. The number of nitriles is 1. The second kappa shape index (κ2) is 7.79. The normalized spacial score (nSPS) is 35.8. The Balaban J connectivity index is 1.32. The quantitative estimate of drug-likeness (QED) is 0.678. The SMILES string of the molecule is N#C[C@@H]1CCCN1C(=O)CNC12C[C@H]3C[C@@H](C1)CC(NS(=O)(=O)c1ccc(F)cc1)(C3)C2. The van der Waals surface area contributed by atoms with Crippen LogP contribution in [0.5, 0.6) is 0 Å². The van der Waals surface area contributed by atoms with Gasteiger partial charge in [0, 0.05) is 17.6 Å². The van der Waals surface area contributed by atoms with E-state index in [2.05, 4.69) is 16.1 Å². The average molecular weight is 461 g/mol. The van der Waals surface area contributed by atoms with Crippen LogP contribution in [0.4, 0.5) is 4.39 Å². The van der Waals surface area contributed by atoms with Crippen LogP contribution in [0.15, 0.2) is 29.2 Å². The fourth-order valence-corrected chi connectivity index (χ4v) is 8.53. The number of likely N-dealkylation sites (tertiary alicyclic amines) is 1. The van der Waals surface area contributed by atoms with Crippen LogP contribution >= 0.6 is 0 Å². The Morgan fingerprint density at radius 1 is 1.16 bits per heavy atom. The van der Waals surface area contributed by atoms with Gasteiger partial charge in [-0.3, -0.25) is 4.79 Å². The van der Waals surface area contributed by atoms with E-state index in [1.54, 1.807) is 4.90 Å². The summed E-state index contributed by atoms with van der Waals surface area (Å²) < 4.78 is 42.5. The molecule has 6 rings (SSSR count). The molecule has 2 N–H and O–H groups in total. The van der Waals surface area contributed by atoms with Gasteiger partial charge in [-0.05, 0) is 87.5 Å². The van der Waals surface area contributed by atoms with E-state index in [9.17, 15) is 22.9 Å². The molecule has 0 radical (unpaired) electrons. The number of amides is 1. The fraction of sp³-hybridized carbons (Fsp3) is 0.652. The lowest BCUT2D eigenvalue weighted by Crippen LogP contribution is -2.69. The maximum absolute atomic E-state index is 13.3. The van der Waals surface area contributed by atoms with Crippen LogP contribution in [0.1, 0.15) is 51.4 Å². The average Bonchev–Trinajstić information content (AvgIpc) is 3.19. The summed E-state index contributed by atoms with van der Waals surface area (Å²) in [4.78, 5) is 14.5. The van der Waals surface area contributed by atoms with Crippen LogP contribution in [-0.4, -0.2) is 49.4 Å². The van der Waals surface area contributed by atoms with Gasteiger partial charge in [-0.15, -0.1) is 0 Å². The van der Waals surface area contributed by atoms with Gasteiger partial charge in [-0.2, -0.15) is 5.26 Å². The van der Waals surface area contributed by atoms with Crippen LogP contribution < -0.4 is 10.0 Å². The van der Waals surface area contributed by atoms with E-state index in [0.29, 0.717) is 24.8 Å². The van der Waals surface area contributed by atoms with Crippen LogP contribution in [0.3, 0.4) is 0 Å². The maximum atomic E-state index is 13.3. The highest BCUT2D eigenvalue weighted by Crippen LogP contribution is 2.57. The number of hydrogen-bond donors (Lipinski definition) is 2. The summed E-state index contributed by atoms with van der Waals surface area (Å²) in [5.74, 6) is 0.302. The van der Waals surface area contributed by atoms with Crippen LogP contribution in [0.2, 0.25) is 0 Å². The summed E-state index contributed by atoms with van der Waals surface area (Å²) in [5, 5.41) is 12.8. The molecule has 5 atom stereocenters. The number of carbonyl (C=O) groups excluding carboxylic acids is 1. The zero-order valence-corrected chi connectivity index (χ0v) is 18.8. The lowest BCUT2D eigenvalue weighted by molar-refractivity contribution is -0.131. The molecule has 32 heavy (non-hydrogen) atoms. The molecule has 172 valence electrons. The molecule has 1 saturated heterocycles. The van der Waals surface area contributed by atoms with Crippen molar-refractivity contribution in [1.82, 2.24) is 14.9 Å². The molecular formula is C23H29FN4O3S. The predicted octanol–water partition coefficient (Wildman–Crippen LogP) is 2.30. The molecule has 4 aliphatic carbocycles. The summed E-state index contributed by atoms with van der Waals surface area (Å²) in [6.07, 6.45) is 6.80. The summed E-state index contributed by atoms with van der Waals surface area (Å²) in [6, 6.07) is 6.80. The van der Waals surface area contributed by atoms with Gasteiger partial charge in [0.05, 0.1) is 17.5 Å².